The number of rotatable bonds is 4. The zero-order chi connectivity index (χ0) is 18.3. The Labute approximate surface area is 156 Å². The highest BCUT2D eigenvalue weighted by Crippen LogP contribution is 2.60. The van der Waals surface area contributed by atoms with Crippen LogP contribution in [0.4, 0.5) is 0 Å². The summed E-state index contributed by atoms with van der Waals surface area (Å²) in [5.41, 5.74) is 5.63. The van der Waals surface area contributed by atoms with E-state index in [1.807, 2.05) is 55.5 Å². The minimum absolute atomic E-state index is 0.0190. The molecule has 1 fully saturated rings. The van der Waals surface area contributed by atoms with Crippen LogP contribution in [0.2, 0.25) is 5.02 Å². The van der Waals surface area contributed by atoms with Crippen LogP contribution >= 0.6 is 11.6 Å². The summed E-state index contributed by atoms with van der Waals surface area (Å²) in [5, 5.41) is 9.67. The molecule has 1 aliphatic carbocycles. The van der Waals surface area contributed by atoms with E-state index in [0.29, 0.717) is 5.02 Å². The molecule has 0 unspecified atom stereocenters. The second-order valence-corrected chi connectivity index (χ2v) is 7.03. The van der Waals surface area contributed by atoms with Crippen molar-refractivity contribution in [1.82, 2.24) is 15.4 Å². The molecule has 2 aromatic carbocycles. The number of carbonyl (C=O) groups excluding carboxylic acids is 1. The Morgan fingerprint density at radius 3 is 2.50 bits per heavy atom. The molecule has 1 amide bonds. The molecule has 0 radical (unpaired) electrons. The number of hydrogen-bond donors (Lipinski definition) is 3. The minimum Gasteiger partial charge on any atom is -0.342 e. The smallest absolute Gasteiger partial charge is 0.247 e. The van der Waals surface area contributed by atoms with Crippen LogP contribution in [0.3, 0.4) is 0 Å². The van der Waals surface area contributed by atoms with E-state index in [1.54, 1.807) is 11.7 Å². The van der Waals surface area contributed by atoms with Crippen LogP contribution in [-0.2, 0) is 4.79 Å². The molecule has 1 heterocycles. The molecule has 1 aliphatic rings. The predicted octanol–water partition coefficient (Wildman–Crippen LogP) is 4.04. The summed E-state index contributed by atoms with van der Waals surface area (Å²) in [4.78, 5) is 19.6. The molecule has 1 aromatic heterocycles. The maximum absolute atomic E-state index is 12.1. The van der Waals surface area contributed by atoms with Gasteiger partial charge in [0.05, 0.1) is 10.9 Å². The van der Waals surface area contributed by atoms with E-state index in [2.05, 4.69) is 9.97 Å². The van der Waals surface area contributed by atoms with Crippen molar-refractivity contribution in [3.05, 3.63) is 76.6 Å². The Kier molecular flexibility index (Phi) is 4.26. The molecule has 26 heavy (non-hydrogen) atoms. The quantitative estimate of drug-likeness (QED) is 0.481. The molecule has 3 aromatic rings. The van der Waals surface area contributed by atoms with E-state index in [1.165, 1.54) is 0 Å². The van der Waals surface area contributed by atoms with Crippen LogP contribution in [0.15, 0.2) is 54.7 Å². The number of halogens is 1. The highest BCUT2D eigenvalue weighted by atomic mass is 35.5. The van der Waals surface area contributed by atoms with Gasteiger partial charge in [-0.3, -0.25) is 10.0 Å². The first-order valence-electron chi connectivity index (χ1n) is 8.40. The lowest BCUT2D eigenvalue weighted by Crippen LogP contribution is -2.21. The summed E-state index contributed by atoms with van der Waals surface area (Å²) < 4.78 is 0. The van der Waals surface area contributed by atoms with E-state index >= 15 is 0 Å². The van der Waals surface area contributed by atoms with Crippen molar-refractivity contribution in [3.8, 4) is 11.4 Å². The lowest BCUT2D eigenvalue weighted by atomic mass is 10.0. The van der Waals surface area contributed by atoms with Gasteiger partial charge in [0.15, 0.2) is 0 Å². The van der Waals surface area contributed by atoms with E-state index < -0.39 is 0 Å². The summed E-state index contributed by atoms with van der Waals surface area (Å²) in [7, 11) is 0. The van der Waals surface area contributed by atoms with E-state index in [9.17, 15) is 4.79 Å². The maximum Gasteiger partial charge on any atom is 0.247 e. The van der Waals surface area contributed by atoms with Crippen LogP contribution in [0.25, 0.3) is 11.4 Å². The van der Waals surface area contributed by atoms with Gasteiger partial charge in [-0.2, -0.15) is 0 Å². The number of carbonyl (C=O) groups is 1. The van der Waals surface area contributed by atoms with Crippen molar-refractivity contribution in [2.24, 2.45) is 5.92 Å². The fourth-order valence-corrected chi connectivity index (χ4v) is 3.98. The molecule has 1 saturated carbocycles. The second-order valence-electron chi connectivity index (χ2n) is 6.62. The number of hydroxylamine groups is 1. The largest absolute Gasteiger partial charge is 0.342 e. The molecule has 0 bridgehead atoms. The number of hydrogen-bond acceptors (Lipinski definition) is 3. The lowest BCUT2D eigenvalue weighted by Gasteiger charge is -2.06. The van der Waals surface area contributed by atoms with Gasteiger partial charge in [-0.05, 0) is 30.2 Å². The van der Waals surface area contributed by atoms with Gasteiger partial charge in [-0.25, -0.2) is 10.5 Å². The number of nitrogens with zero attached hydrogens (tertiary/aromatic N) is 1. The first-order chi connectivity index (χ1) is 12.6. The van der Waals surface area contributed by atoms with Crippen LogP contribution in [0.1, 0.15) is 28.7 Å². The van der Waals surface area contributed by atoms with Gasteiger partial charge in [-0.1, -0.05) is 48.0 Å². The van der Waals surface area contributed by atoms with Crippen LogP contribution in [0.5, 0.6) is 0 Å². The number of nitrogens with one attached hydrogen (secondary N) is 2. The molecule has 0 spiro atoms. The molecule has 0 saturated heterocycles. The van der Waals surface area contributed by atoms with Gasteiger partial charge in [0.1, 0.15) is 5.82 Å². The summed E-state index contributed by atoms with van der Waals surface area (Å²) in [5.74, 6) is 0.0468. The molecule has 132 valence electrons. The number of benzene rings is 2. The Hall–Kier alpha value is -2.63. The summed E-state index contributed by atoms with van der Waals surface area (Å²) in [6, 6.07) is 15.6. The first-order valence-corrected chi connectivity index (χ1v) is 8.78. The van der Waals surface area contributed by atoms with Gasteiger partial charge >= 0.3 is 0 Å². The topological polar surface area (TPSA) is 78.0 Å². The second kappa shape index (κ2) is 6.59. The third kappa shape index (κ3) is 2.89. The fourth-order valence-electron chi connectivity index (χ4n) is 3.70. The Balaban J connectivity index is 1.67. The zero-order valence-electron chi connectivity index (χ0n) is 14.1. The highest BCUT2D eigenvalue weighted by molar-refractivity contribution is 6.33. The van der Waals surface area contributed by atoms with Gasteiger partial charge in [0.25, 0.3) is 0 Å². The van der Waals surface area contributed by atoms with Gasteiger partial charge in [0.2, 0.25) is 5.91 Å². The number of amides is 1. The van der Waals surface area contributed by atoms with Crippen molar-refractivity contribution < 1.29 is 10.0 Å². The summed E-state index contributed by atoms with van der Waals surface area (Å²) >= 11 is 6.49. The molecule has 6 heteroatoms. The SMILES string of the molecule is Cc1cnc(-c2ccc([C@H]3[C@H](C(=O)NO)[C@@H]3c3ccccc3)cc2Cl)[nH]1. The molecule has 3 N–H and O–H groups in total. The standard InChI is InChI=1S/C20H18ClN3O2/c1-11-10-22-19(23-11)14-8-7-13(9-15(14)21)17-16(18(17)20(25)24-26)12-5-3-2-4-6-12/h2-10,16-18,26H,1H3,(H,22,23)(H,24,25)/t16-,17-,18-/m1/s1. The van der Waals surface area contributed by atoms with Gasteiger partial charge in [0, 0.05) is 29.3 Å². The molecule has 3 atom stereocenters. The number of aromatic amines is 1. The van der Waals surface area contributed by atoms with Crippen molar-refractivity contribution in [3.63, 3.8) is 0 Å². The summed E-state index contributed by atoms with van der Waals surface area (Å²) in [6.45, 7) is 1.94. The number of aromatic nitrogens is 2. The number of H-pyrrole nitrogens is 1. The average molecular weight is 368 g/mol. The molecular formula is C20H18ClN3O2. The fraction of sp³-hybridized carbons (Fsp3) is 0.200. The predicted molar refractivity (Wildman–Crippen MR) is 99.1 cm³/mol. The van der Waals surface area contributed by atoms with Gasteiger partial charge < -0.3 is 4.98 Å². The van der Waals surface area contributed by atoms with Crippen LogP contribution in [0, 0.1) is 12.8 Å². The third-order valence-electron chi connectivity index (χ3n) is 4.95. The Bertz CT molecular complexity index is 955. The summed E-state index contributed by atoms with van der Waals surface area (Å²) in [6.07, 6.45) is 1.76. The third-order valence-corrected chi connectivity index (χ3v) is 5.27. The molecule has 4 rings (SSSR count). The lowest BCUT2D eigenvalue weighted by molar-refractivity contribution is -0.130. The Morgan fingerprint density at radius 2 is 1.88 bits per heavy atom. The van der Waals surface area contributed by atoms with E-state index in [4.69, 9.17) is 16.8 Å². The van der Waals surface area contributed by atoms with E-state index in [0.717, 1.165) is 28.2 Å². The molecular weight excluding hydrogens is 350 g/mol. The van der Waals surface area contributed by atoms with Crippen molar-refractivity contribution in [2.45, 2.75) is 18.8 Å². The maximum atomic E-state index is 12.1. The minimum atomic E-state index is -0.370. The molecule has 5 nitrogen and oxygen atoms in total. The van der Waals surface area contributed by atoms with Gasteiger partial charge in [-0.15, -0.1) is 0 Å². The van der Waals surface area contributed by atoms with Crippen molar-refractivity contribution >= 4 is 17.5 Å². The molecule has 0 aliphatic heterocycles. The normalized spacial score (nSPS) is 21.4. The van der Waals surface area contributed by atoms with Crippen LogP contribution < -0.4 is 5.48 Å². The van der Waals surface area contributed by atoms with Crippen LogP contribution in [-0.4, -0.2) is 21.1 Å². The van der Waals surface area contributed by atoms with E-state index in [-0.39, 0.29) is 23.7 Å². The first kappa shape index (κ1) is 16.8. The van der Waals surface area contributed by atoms with Crippen molar-refractivity contribution in [1.29, 1.82) is 0 Å². The Morgan fingerprint density at radius 1 is 1.15 bits per heavy atom. The monoisotopic (exact) mass is 367 g/mol. The van der Waals surface area contributed by atoms with Crippen molar-refractivity contribution in [2.75, 3.05) is 0 Å². The number of aryl methyl sites for hydroxylation is 1. The zero-order valence-corrected chi connectivity index (χ0v) is 14.9. The number of imidazole rings is 1. The average Bonchev–Trinajstić information content (AvgIpc) is 3.27. The highest BCUT2D eigenvalue weighted by Gasteiger charge is 2.56.